The number of thiol groups is 1. The quantitative estimate of drug-likeness (QED) is 0.736. The number of carbonyl (C=O) groups excluding carboxylic acids is 1. The first-order chi connectivity index (χ1) is 8.15. The first-order valence-electron chi connectivity index (χ1n) is 5.82. The SMILES string of the molecule is O=C(NCC1(CO)CCCC1)c1cc(S)cs1. The molecule has 2 N–H and O–H groups in total. The zero-order valence-corrected chi connectivity index (χ0v) is 11.3. The van der Waals surface area contributed by atoms with Gasteiger partial charge in [-0.1, -0.05) is 12.8 Å². The molecule has 0 aliphatic heterocycles. The molecule has 3 nitrogen and oxygen atoms in total. The minimum absolute atomic E-state index is 0.0602. The fraction of sp³-hybridized carbons (Fsp3) is 0.583. The Kier molecular flexibility index (Phi) is 4.12. The number of amides is 1. The van der Waals surface area contributed by atoms with Crippen LogP contribution in [0.2, 0.25) is 0 Å². The molecule has 0 atom stereocenters. The van der Waals surface area contributed by atoms with Crippen molar-refractivity contribution >= 4 is 29.9 Å². The number of nitrogens with one attached hydrogen (secondary N) is 1. The minimum Gasteiger partial charge on any atom is -0.396 e. The van der Waals surface area contributed by atoms with E-state index in [4.69, 9.17) is 0 Å². The van der Waals surface area contributed by atoms with Crippen molar-refractivity contribution in [3.63, 3.8) is 0 Å². The predicted molar refractivity (Wildman–Crippen MR) is 71.9 cm³/mol. The van der Waals surface area contributed by atoms with E-state index in [2.05, 4.69) is 17.9 Å². The van der Waals surface area contributed by atoms with Crippen molar-refractivity contribution in [3.8, 4) is 0 Å². The highest BCUT2D eigenvalue weighted by Gasteiger charge is 2.33. The normalized spacial score (nSPS) is 18.2. The summed E-state index contributed by atoms with van der Waals surface area (Å²) in [5, 5.41) is 14.2. The number of aliphatic hydroxyl groups excluding tert-OH is 1. The number of aliphatic hydroxyl groups is 1. The molecule has 17 heavy (non-hydrogen) atoms. The molecule has 94 valence electrons. The maximum absolute atomic E-state index is 11.9. The van der Waals surface area contributed by atoms with Crippen molar-refractivity contribution in [1.82, 2.24) is 5.32 Å². The Morgan fingerprint density at radius 1 is 1.53 bits per heavy atom. The van der Waals surface area contributed by atoms with E-state index in [-0.39, 0.29) is 17.9 Å². The van der Waals surface area contributed by atoms with Crippen LogP contribution >= 0.6 is 24.0 Å². The van der Waals surface area contributed by atoms with E-state index in [1.807, 2.05) is 5.38 Å². The van der Waals surface area contributed by atoms with Crippen LogP contribution in [-0.2, 0) is 0 Å². The van der Waals surface area contributed by atoms with Crippen molar-refractivity contribution in [1.29, 1.82) is 0 Å². The molecular weight excluding hydrogens is 254 g/mol. The third-order valence-corrected chi connectivity index (χ3v) is 4.79. The monoisotopic (exact) mass is 271 g/mol. The van der Waals surface area contributed by atoms with Gasteiger partial charge < -0.3 is 10.4 Å². The molecule has 1 aliphatic carbocycles. The van der Waals surface area contributed by atoms with Crippen LogP contribution in [0.15, 0.2) is 16.3 Å². The number of thiophene rings is 1. The molecule has 0 bridgehead atoms. The Hall–Kier alpha value is -0.520. The third-order valence-electron chi connectivity index (χ3n) is 3.43. The molecule has 1 heterocycles. The summed E-state index contributed by atoms with van der Waals surface area (Å²) in [6.45, 7) is 0.734. The molecule has 1 saturated carbocycles. The molecule has 1 aromatic heterocycles. The average molecular weight is 271 g/mol. The Balaban J connectivity index is 1.91. The molecule has 1 fully saturated rings. The third kappa shape index (κ3) is 3.03. The van der Waals surface area contributed by atoms with Crippen molar-refractivity contribution in [2.45, 2.75) is 30.6 Å². The fourth-order valence-corrected chi connectivity index (χ4v) is 3.38. The zero-order chi connectivity index (χ0) is 12.3. The summed E-state index contributed by atoms with van der Waals surface area (Å²) >= 11 is 5.58. The first kappa shape index (κ1) is 12.9. The summed E-state index contributed by atoms with van der Waals surface area (Å²) in [5.74, 6) is -0.0602. The van der Waals surface area contributed by atoms with Crippen LogP contribution < -0.4 is 5.32 Å². The lowest BCUT2D eigenvalue weighted by atomic mass is 9.87. The Labute approximate surface area is 111 Å². The smallest absolute Gasteiger partial charge is 0.261 e. The van der Waals surface area contributed by atoms with Gasteiger partial charge in [0.2, 0.25) is 0 Å². The summed E-state index contributed by atoms with van der Waals surface area (Å²) in [6.07, 6.45) is 4.31. The highest BCUT2D eigenvalue weighted by Crippen LogP contribution is 2.37. The maximum Gasteiger partial charge on any atom is 0.261 e. The molecule has 1 aliphatic rings. The summed E-state index contributed by atoms with van der Waals surface area (Å²) in [7, 11) is 0. The second-order valence-electron chi connectivity index (χ2n) is 4.72. The lowest BCUT2D eigenvalue weighted by Crippen LogP contribution is -2.38. The summed E-state index contributed by atoms with van der Waals surface area (Å²) in [4.78, 5) is 13.4. The van der Waals surface area contributed by atoms with Crippen LogP contribution in [0.4, 0.5) is 0 Å². The van der Waals surface area contributed by atoms with Gasteiger partial charge in [-0.25, -0.2) is 0 Å². The van der Waals surface area contributed by atoms with Gasteiger partial charge in [-0.05, 0) is 18.9 Å². The Bertz CT molecular complexity index is 397. The van der Waals surface area contributed by atoms with Gasteiger partial charge in [0.15, 0.2) is 0 Å². The van der Waals surface area contributed by atoms with Crippen molar-refractivity contribution in [3.05, 3.63) is 16.3 Å². The fourth-order valence-electron chi connectivity index (χ4n) is 2.32. The highest BCUT2D eigenvalue weighted by molar-refractivity contribution is 7.80. The Morgan fingerprint density at radius 3 is 2.76 bits per heavy atom. The summed E-state index contributed by atoms with van der Waals surface area (Å²) < 4.78 is 0. The summed E-state index contributed by atoms with van der Waals surface area (Å²) in [5.41, 5.74) is -0.0866. The largest absolute Gasteiger partial charge is 0.396 e. The highest BCUT2D eigenvalue weighted by atomic mass is 32.1. The van der Waals surface area contributed by atoms with E-state index in [1.165, 1.54) is 11.3 Å². The molecule has 2 rings (SSSR count). The van der Waals surface area contributed by atoms with Gasteiger partial charge in [-0.3, -0.25) is 4.79 Å². The standard InChI is InChI=1S/C12H17NO2S2/c14-8-12(3-1-2-4-12)7-13-11(15)10-5-9(16)6-17-10/h5-6,14,16H,1-4,7-8H2,(H,13,15). The number of hydrogen-bond donors (Lipinski definition) is 3. The van der Waals surface area contributed by atoms with Gasteiger partial charge in [-0.2, -0.15) is 0 Å². The van der Waals surface area contributed by atoms with Gasteiger partial charge in [-0.15, -0.1) is 24.0 Å². The number of rotatable bonds is 4. The molecule has 5 heteroatoms. The van der Waals surface area contributed by atoms with Crippen LogP contribution in [0.1, 0.15) is 35.4 Å². The average Bonchev–Trinajstić information content (AvgIpc) is 2.95. The Morgan fingerprint density at radius 2 is 2.24 bits per heavy atom. The predicted octanol–water partition coefficient (Wildman–Crippen LogP) is 2.32. The van der Waals surface area contributed by atoms with E-state index >= 15 is 0 Å². The van der Waals surface area contributed by atoms with Crippen LogP contribution in [0, 0.1) is 5.41 Å². The molecule has 1 aromatic rings. The minimum atomic E-state index is -0.0866. The van der Waals surface area contributed by atoms with Crippen molar-refractivity contribution < 1.29 is 9.90 Å². The molecule has 0 unspecified atom stereocenters. The van der Waals surface area contributed by atoms with Gasteiger partial charge in [0.25, 0.3) is 5.91 Å². The summed E-state index contributed by atoms with van der Waals surface area (Å²) in [6, 6.07) is 1.77. The molecule has 0 radical (unpaired) electrons. The van der Waals surface area contributed by atoms with Crippen LogP contribution in [-0.4, -0.2) is 24.2 Å². The maximum atomic E-state index is 11.9. The first-order valence-corrected chi connectivity index (χ1v) is 7.14. The number of hydrogen-bond acceptors (Lipinski definition) is 4. The van der Waals surface area contributed by atoms with E-state index in [9.17, 15) is 9.90 Å². The molecule has 0 spiro atoms. The second-order valence-corrected chi connectivity index (χ2v) is 6.14. The van der Waals surface area contributed by atoms with Crippen LogP contribution in [0.5, 0.6) is 0 Å². The molecular formula is C12H17NO2S2. The van der Waals surface area contributed by atoms with E-state index < -0.39 is 0 Å². The molecule has 0 saturated heterocycles. The van der Waals surface area contributed by atoms with Gasteiger partial charge in [0, 0.05) is 22.2 Å². The van der Waals surface area contributed by atoms with Gasteiger partial charge >= 0.3 is 0 Å². The van der Waals surface area contributed by atoms with Gasteiger partial charge in [0.1, 0.15) is 0 Å². The van der Waals surface area contributed by atoms with Crippen LogP contribution in [0.25, 0.3) is 0 Å². The second kappa shape index (κ2) is 5.42. The number of carbonyl (C=O) groups is 1. The van der Waals surface area contributed by atoms with Crippen molar-refractivity contribution in [2.24, 2.45) is 5.41 Å². The van der Waals surface area contributed by atoms with Crippen molar-refractivity contribution in [2.75, 3.05) is 13.2 Å². The van der Waals surface area contributed by atoms with E-state index in [0.29, 0.717) is 11.4 Å². The topological polar surface area (TPSA) is 49.3 Å². The van der Waals surface area contributed by atoms with Gasteiger partial charge in [0.05, 0.1) is 11.5 Å². The van der Waals surface area contributed by atoms with E-state index in [1.54, 1.807) is 6.07 Å². The molecule has 0 aromatic carbocycles. The lowest BCUT2D eigenvalue weighted by Gasteiger charge is -2.26. The molecule has 1 amide bonds. The van der Waals surface area contributed by atoms with E-state index in [0.717, 1.165) is 30.6 Å². The van der Waals surface area contributed by atoms with Crippen LogP contribution in [0.3, 0.4) is 0 Å². The zero-order valence-electron chi connectivity index (χ0n) is 9.61. The lowest BCUT2D eigenvalue weighted by molar-refractivity contribution is 0.0884.